The minimum atomic E-state index is -0.909. The van der Waals surface area contributed by atoms with E-state index in [1.54, 1.807) is 39.2 Å². The zero-order chi connectivity index (χ0) is 13.8. The van der Waals surface area contributed by atoms with Crippen molar-refractivity contribution < 1.29 is 9.90 Å². The summed E-state index contributed by atoms with van der Waals surface area (Å²) in [5.41, 5.74) is -1.02. The molecule has 0 aliphatic heterocycles. The molecule has 0 radical (unpaired) electrons. The highest BCUT2D eigenvalue weighted by molar-refractivity contribution is 5.75. The van der Waals surface area contributed by atoms with Gasteiger partial charge in [0.25, 0.3) is 5.56 Å². The van der Waals surface area contributed by atoms with Crippen molar-refractivity contribution in [3.63, 3.8) is 0 Å². The van der Waals surface area contributed by atoms with Crippen molar-refractivity contribution >= 4 is 5.91 Å². The predicted octanol–water partition coefficient (Wildman–Crippen LogP) is 0.468. The predicted molar refractivity (Wildman–Crippen MR) is 69.3 cm³/mol. The topological polar surface area (TPSA) is 62.5 Å². The largest absolute Gasteiger partial charge is 0.389 e. The van der Waals surface area contributed by atoms with Gasteiger partial charge in [0.2, 0.25) is 5.91 Å². The van der Waals surface area contributed by atoms with Crippen molar-refractivity contribution in [1.82, 2.24) is 9.47 Å². The molecule has 1 rings (SSSR count). The Morgan fingerprint density at radius 1 is 1.44 bits per heavy atom. The number of aliphatic hydroxyl groups is 1. The van der Waals surface area contributed by atoms with Gasteiger partial charge in [-0.25, -0.2) is 0 Å². The summed E-state index contributed by atoms with van der Waals surface area (Å²) in [4.78, 5) is 24.7. The van der Waals surface area contributed by atoms with Gasteiger partial charge in [-0.3, -0.25) is 9.59 Å². The molecule has 1 heterocycles. The summed E-state index contributed by atoms with van der Waals surface area (Å²) in [6.45, 7) is 3.93. The SMILES string of the molecule is CN(CC(C)(C)O)C(=O)CCn1ccccc1=O. The second-order valence-electron chi connectivity index (χ2n) is 5.04. The third-order valence-corrected chi connectivity index (χ3v) is 2.52. The van der Waals surface area contributed by atoms with Crippen molar-refractivity contribution in [2.45, 2.75) is 32.4 Å². The Hall–Kier alpha value is -1.62. The Kier molecular flexibility index (Phi) is 4.67. The molecule has 0 saturated carbocycles. The first-order valence-corrected chi connectivity index (χ1v) is 5.91. The van der Waals surface area contributed by atoms with Crippen LogP contribution in [-0.4, -0.2) is 39.7 Å². The van der Waals surface area contributed by atoms with Gasteiger partial charge in [-0.2, -0.15) is 0 Å². The number of amides is 1. The average molecular weight is 252 g/mol. The van der Waals surface area contributed by atoms with Crippen LogP contribution in [0.5, 0.6) is 0 Å². The average Bonchev–Trinajstić information content (AvgIpc) is 2.25. The zero-order valence-corrected chi connectivity index (χ0v) is 11.1. The number of hydrogen-bond acceptors (Lipinski definition) is 3. The maximum absolute atomic E-state index is 11.8. The molecule has 0 atom stereocenters. The third kappa shape index (κ3) is 4.71. The Balaban J connectivity index is 2.52. The monoisotopic (exact) mass is 252 g/mol. The Bertz CT molecular complexity index is 460. The van der Waals surface area contributed by atoms with E-state index in [4.69, 9.17) is 0 Å². The first-order chi connectivity index (χ1) is 8.29. The van der Waals surface area contributed by atoms with Crippen LogP contribution < -0.4 is 5.56 Å². The summed E-state index contributed by atoms with van der Waals surface area (Å²) < 4.78 is 1.50. The highest BCUT2D eigenvalue weighted by atomic mass is 16.3. The molecule has 0 aromatic carbocycles. The molecule has 0 aliphatic rings. The van der Waals surface area contributed by atoms with Gasteiger partial charge in [-0.15, -0.1) is 0 Å². The van der Waals surface area contributed by atoms with Crippen LogP contribution in [0.15, 0.2) is 29.2 Å². The van der Waals surface area contributed by atoms with E-state index in [-0.39, 0.29) is 24.4 Å². The van der Waals surface area contributed by atoms with Crippen LogP contribution in [0.1, 0.15) is 20.3 Å². The number of hydrogen-bond donors (Lipinski definition) is 1. The van der Waals surface area contributed by atoms with E-state index in [9.17, 15) is 14.7 Å². The number of pyridine rings is 1. The molecule has 1 aromatic rings. The van der Waals surface area contributed by atoms with E-state index in [1.807, 2.05) is 0 Å². The molecule has 0 bridgehead atoms. The van der Waals surface area contributed by atoms with Crippen molar-refractivity contribution in [2.75, 3.05) is 13.6 Å². The van der Waals surface area contributed by atoms with Crippen molar-refractivity contribution in [3.8, 4) is 0 Å². The Labute approximate surface area is 107 Å². The van der Waals surface area contributed by atoms with Gasteiger partial charge < -0.3 is 14.6 Å². The van der Waals surface area contributed by atoms with Crippen LogP contribution in [0, 0.1) is 0 Å². The molecule has 1 N–H and O–H groups in total. The lowest BCUT2D eigenvalue weighted by molar-refractivity contribution is -0.132. The zero-order valence-electron chi connectivity index (χ0n) is 11.1. The van der Waals surface area contributed by atoms with Gasteiger partial charge in [0.1, 0.15) is 0 Å². The van der Waals surface area contributed by atoms with E-state index in [2.05, 4.69) is 0 Å². The fraction of sp³-hybridized carbons (Fsp3) is 0.538. The number of carbonyl (C=O) groups is 1. The van der Waals surface area contributed by atoms with Gasteiger partial charge in [0.05, 0.1) is 5.60 Å². The summed E-state index contributed by atoms with van der Waals surface area (Å²) in [7, 11) is 1.65. The minimum absolute atomic E-state index is 0.0899. The molecule has 100 valence electrons. The van der Waals surface area contributed by atoms with Crippen LogP contribution in [0.3, 0.4) is 0 Å². The number of aryl methyl sites for hydroxylation is 1. The Morgan fingerprint density at radius 2 is 2.11 bits per heavy atom. The fourth-order valence-electron chi connectivity index (χ4n) is 1.72. The van der Waals surface area contributed by atoms with E-state index < -0.39 is 5.60 Å². The highest BCUT2D eigenvalue weighted by Crippen LogP contribution is 2.04. The van der Waals surface area contributed by atoms with Gasteiger partial charge in [0.15, 0.2) is 0 Å². The van der Waals surface area contributed by atoms with E-state index in [1.165, 1.54) is 15.5 Å². The number of carbonyl (C=O) groups excluding carboxylic acids is 1. The van der Waals surface area contributed by atoms with Crippen molar-refractivity contribution in [1.29, 1.82) is 0 Å². The molecule has 18 heavy (non-hydrogen) atoms. The van der Waals surface area contributed by atoms with E-state index >= 15 is 0 Å². The Morgan fingerprint density at radius 3 is 2.67 bits per heavy atom. The molecular formula is C13H20N2O3. The molecular weight excluding hydrogens is 232 g/mol. The van der Waals surface area contributed by atoms with E-state index in [0.717, 1.165) is 0 Å². The normalized spacial score (nSPS) is 11.3. The summed E-state index contributed by atoms with van der Waals surface area (Å²) in [5, 5.41) is 9.62. The molecule has 0 saturated heterocycles. The number of nitrogens with zero attached hydrogens (tertiary/aromatic N) is 2. The smallest absolute Gasteiger partial charge is 0.250 e. The summed E-state index contributed by atoms with van der Waals surface area (Å²) in [5.74, 6) is -0.0899. The summed E-state index contributed by atoms with van der Waals surface area (Å²) in [6.07, 6.45) is 1.90. The quantitative estimate of drug-likeness (QED) is 0.828. The first kappa shape index (κ1) is 14.4. The van der Waals surface area contributed by atoms with Gasteiger partial charge in [-0.1, -0.05) is 6.07 Å². The molecule has 0 spiro atoms. The summed E-state index contributed by atoms with van der Waals surface area (Å²) in [6, 6.07) is 4.89. The second-order valence-corrected chi connectivity index (χ2v) is 5.04. The number of rotatable bonds is 5. The molecule has 0 unspecified atom stereocenters. The minimum Gasteiger partial charge on any atom is -0.389 e. The maximum Gasteiger partial charge on any atom is 0.250 e. The second kappa shape index (κ2) is 5.82. The standard InChI is InChI=1S/C13H20N2O3/c1-13(2,18)10-14(3)11(16)7-9-15-8-5-4-6-12(15)17/h4-6,8,18H,7,9-10H2,1-3H3. The first-order valence-electron chi connectivity index (χ1n) is 5.91. The third-order valence-electron chi connectivity index (χ3n) is 2.52. The van der Waals surface area contributed by atoms with Crippen LogP contribution in [0.25, 0.3) is 0 Å². The molecule has 5 nitrogen and oxygen atoms in total. The van der Waals surface area contributed by atoms with Crippen LogP contribution in [-0.2, 0) is 11.3 Å². The lowest BCUT2D eigenvalue weighted by Gasteiger charge is -2.25. The number of aromatic nitrogens is 1. The lowest BCUT2D eigenvalue weighted by atomic mass is 10.1. The van der Waals surface area contributed by atoms with Crippen LogP contribution in [0.2, 0.25) is 0 Å². The fourth-order valence-corrected chi connectivity index (χ4v) is 1.72. The molecule has 1 aromatic heterocycles. The van der Waals surface area contributed by atoms with Gasteiger partial charge >= 0.3 is 0 Å². The lowest BCUT2D eigenvalue weighted by Crippen LogP contribution is -2.40. The summed E-state index contributed by atoms with van der Waals surface area (Å²) >= 11 is 0. The molecule has 0 fully saturated rings. The van der Waals surface area contributed by atoms with Crippen LogP contribution >= 0.6 is 0 Å². The number of likely N-dealkylation sites (N-methyl/N-ethyl adjacent to an activating group) is 1. The van der Waals surface area contributed by atoms with E-state index in [0.29, 0.717) is 6.54 Å². The highest BCUT2D eigenvalue weighted by Gasteiger charge is 2.19. The van der Waals surface area contributed by atoms with Crippen molar-refractivity contribution in [2.24, 2.45) is 0 Å². The maximum atomic E-state index is 11.8. The molecule has 1 amide bonds. The van der Waals surface area contributed by atoms with Crippen molar-refractivity contribution in [3.05, 3.63) is 34.7 Å². The van der Waals surface area contributed by atoms with Gasteiger partial charge in [0, 0.05) is 38.8 Å². The molecule has 0 aliphatic carbocycles. The van der Waals surface area contributed by atoms with Crippen LogP contribution in [0.4, 0.5) is 0 Å². The molecule has 5 heteroatoms. The van der Waals surface area contributed by atoms with Gasteiger partial charge in [-0.05, 0) is 19.9 Å².